The minimum atomic E-state index is -0.491. The largest absolute Gasteiger partial charge is 0.390 e. The summed E-state index contributed by atoms with van der Waals surface area (Å²) in [7, 11) is 0. The van der Waals surface area contributed by atoms with E-state index >= 15 is 0 Å². The fourth-order valence-corrected chi connectivity index (χ4v) is 2.33. The fraction of sp³-hybridized carbons (Fsp3) is 0.846. The second kappa shape index (κ2) is 6.15. The fourth-order valence-electron chi connectivity index (χ4n) is 2.33. The van der Waals surface area contributed by atoms with Gasteiger partial charge in [0.1, 0.15) is 0 Å². The van der Waals surface area contributed by atoms with E-state index in [1.807, 2.05) is 0 Å². The molecule has 1 fully saturated rings. The second-order valence-corrected chi connectivity index (χ2v) is 4.62. The van der Waals surface area contributed by atoms with E-state index in [-0.39, 0.29) is 0 Å². The zero-order valence-corrected chi connectivity index (χ0v) is 9.84. The number of likely N-dealkylation sites (tertiary alicyclic amines) is 1. The Kier molecular flexibility index (Phi) is 5.14. The summed E-state index contributed by atoms with van der Waals surface area (Å²) in [5, 5.41) is 10.3. The first-order valence-corrected chi connectivity index (χ1v) is 6.08. The van der Waals surface area contributed by atoms with E-state index in [2.05, 4.69) is 17.7 Å². The third kappa shape index (κ3) is 4.24. The highest BCUT2D eigenvalue weighted by Gasteiger charge is 2.28. The van der Waals surface area contributed by atoms with E-state index < -0.39 is 5.60 Å². The summed E-state index contributed by atoms with van der Waals surface area (Å²) in [5.74, 6) is 2.62. The molecule has 1 atom stereocenters. The maximum absolute atomic E-state index is 10.3. The normalized spacial score (nSPS) is 28.3. The standard InChI is InChI=1S/C13H23NO/c1-3-5-7-13(15)8-6-11-14(10-4-2)12-9-13/h1,15H,4-12H2,2H3. The van der Waals surface area contributed by atoms with Crippen LogP contribution in [0.3, 0.4) is 0 Å². The summed E-state index contributed by atoms with van der Waals surface area (Å²) in [6.45, 7) is 5.52. The molecule has 2 heteroatoms. The minimum Gasteiger partial charge on any atom is -0.390 e. The van der Waals surface area contributed by atoms with Gasteiger partial charge in [-0.05, 0) is 45.2 Å². The highest BCUT2D eigenvalue weighted by molar-refractivity contribution is 4.91. The van der Waals surface area contributed by atoms with Crippen LogP contribution in [-0.2, 0) is 0 Å². The molecular weight excluding hydrogens is 186 g/mol. The van der Waals surface area contributed by atoms with Crippen LogP contribution in [-0.4, -0.2) is 35.2 Å². The quantitative estimate of drug-likeness (QED) is 0.716. The van der Waals surface area contributed by atoms with Gasteiger partial charge in [-0.1, -0.05) is 6.92 Å². The lowest BCUT2D eigenvalue weighted by Gasteiger charge is -2.26. The molecule has 0 bridgehead atoms. The van der Waals surface area contributed by atoms with Crippen LogP contribution in [0.15, 0.2) is 0 Å². The number of rotatable bonds is 4. The van der Waals surface area contributed by atoms with Crippen molar-refractivity contribution in [2.45, 2.75) is 51.0 Å². The molecule has 1 saturated heterocycles. The van der Waals surface area contributed by atoms with E-state index in [0.717, 1.165) is 45.3 Å². The van der Waals surface area contributed by atoms with Crippen LogP contribution < -0.4 is 0 Å². The molecular formula is C13H23NO. The predicted octanol–water partition coefficient (Wildman–Crippen LogP) is 2.03. The summed E-state index contributed by atoms with van der Waals surface area (Å²) in [4.78, 5) is 2.45. The van der Waals surface area contributed by atoms with Gasteiger partial charge in [-0.3, -0.25) is 0 Å². The molecule has 15 heavy (non-hydrogen) atoms. The van der Waals surface area contributed by atoms with Crippen molar-refractivity contribution in [3.63, 3.8) is 0 Å². The number of hydrogen-bond donors (Lipinski definition) is 1. The van der Waals surface area contributed by atoms with Crippen molar-refractivity contribution in [1.82, 2.24) is 4.90 Å². The molecule has 1 heterocycles. The molecule has 0 aliphatic carbocycles. The molecule has 1 aliphatic heterocycles. The molecule has 1 rings (SSSR count). The first kappa shape index (κ1) is 12.5. The minimum absolute atomic E-state index is 0.491. The summed E-state index contributed by atoms with van der Waals surface area (Å²) in [6.07, 6.45) is 10.8. The van der Waals surface area contributed by atoms with Crippen LogP contribution >= 0.6 is 0 Å². The number of aliphatic hydroxyl groups is 1. The Morgan fingerprint density at radius 1 is 1.40 bits per heavy atom. The van der Waals surface area contributed by atoms with Gasteiger partial charge in [-0.15, -0.1) is 12.3 Å². The topological polar surface area (TPSA) is 23.5 Å². The number of nitrogens with zero attached hydrogens (tertiary/aromatic N) is 1. The molecule has 0 aromatic heterocycles. The smallest absolute Gasteiger partial charge is 0.0669 e. The maximum atomic E-state index is 10.3. The third-order valence-electron chi connectivity index (χ3n) is 3.28. The first-order valence-electron chi connectivity index (χ1n) is 6.08. The Morgan fingerprint density at radius 3 is 2.87 bits per heavy atom. The van der Waals surface area contributed by atoms with Crippen molar-refractivity contribution >= 4 is 0 Å². The Bertz CT molecular complexity index is 221. The molecule has 0 amide bonds. The molecule has 2 nitrogen and oxygen atoms in total. The molecule has 86 valence electrons. The summed E-state index contributed by atoms with van der Waals surface area (Å²) in [6, 6.07) is 0. The summed E-state index contributed by atoms with van der Waals surface area (Å²) >= 11 is 0. The van der Waals surface area contributed by atoms with E-state index in [0.29, 0.717) is 6.42 Å². The van der Waals surface area contributed by atoms with Gasteiger partial charge in [0.2, 0.25) is 0 Å². The van der Waals surface area contributed by atoms with Gasteiger partial charge in [0.15, 0.2) is 0 Å². The zero-order valence-electron chi connectivity index (χ0n) is 9.84. The van der Waals surface area contributed by atoms with Crippen molar-refractivity contribution in [3.8, 4) is 12.3 Å². The Balaban J connectivity index is 2.40. The van der Waals surface area contributed by atoms with Gasteiger partial charge in [0, 0.05) is 13.0 Å². The van der Waals surface area contributed by atoms with Gasteiger partial charge in [-0.25, -0.2) is 0 Å². The first-order chi connectivity index (χ1) is 7.20. The van der Waals surface area contributed by atoms with Gasteiger partial charge in [-0.2, -0.15) is 0 Å². The van der Waals surface area contributed by atoms with E-state index in [1.165, 1.54) is 6.42 Å². The lowest BCUT2D eigenvalue weighted by molar-refractivity contribution is 0.0184. The lowest BCUT2D eigenvalue weighted by atomic mass is 9.90. The molecule has 1 aliphatic rings. The number of terminal acetylenes is 1. The van der Waals surface area contributed by atoms with Crippen molar-refractivity contribution in [3.05, 3.63) is 0 Å². The van der Waals surface area contributed by atoms with E-state index in [9.17, 15) is 5.11 Å². The molecule has 0 aromatic carbocycles. The summed E-state index contributed by atoms with van der Waals surface area (Å²) < 4.78 is 0. The van der Waals surface area contributed by atoms with Gasteiger partial charge in [0.05, 0.1) is 5.60 Å². The molecule has 1 unspecified atom stereocenters. The number of hydrogen-bond acceptors (Lipinski definition) is 2. The molecule has 1 N–H and O–H groups in total. The Hall–Kier alpha value is -0.520. The Labute approximate surface area is 93.7 Å². The van der Waals surface area contributed by atoms with Gasteiger partial charge < -0.3 is 10.0 Å². The van der Waals surface area contributed by atoms with E-state index in [4.69, 9.17) is 6.42 Å². The van der Waals surface area contributed by atoms with Gasteiger partial charge >= 0.3 is 0 Å². The zero-order chi connectivity index (χ0) is 11.1. The van der Waals surface area contributed by atoms with E-state index in [1.54, 1.807) is 0 Å². The van der Waals surface area contributed by atoms with Crippen LogP contribution in [0.4, 0.5) is 0 Å². The molecule has 0 radical (unpaired) electrons. The van der Waals surface area contributed by atoms with Crippen LogP contribution in [0, 0.1) is 12.3 Å². The van der Waals surface area contributed by atoms with Crippen molar-refractivity contribution in [2.75, 3.05) is 19.6 Å². The van der Waals surface area contributed by atoms with Crippen molar-refractivity contribution < 1.29 is 5.11 Å². The molecule has 0 saturated carbocycles. The maximum Gasteiger partial charge on any atom is 0.0669 e. The molecule has 0 aromatic rings. The predicted molar refractivity (Wildman–Crippen MR) is 63.6 cm³/mol. The third-order valence-corrected chi connectivity index (χ3v) is 3.28. The Morgan fingerprint density at radius 2 is 2.20 bits per heavy atom. The molecule has 0 spiro atoms. The lowest BCUT2D eigenvalue weighted by Crippen LogP contribution is -2.31. The highest BCUT2D eigenvalue weighted by atomic mass is 16.3. The van der Waals surface area contributed by atoms with Crippen LogP contribution in [0.25, 0.3) is 0 Å². The monoisotopic (exact) mass is 209 g/mol. The van der Waals surface area contributed by atoms with Gasteiger partial charge in [0.25, 0.3) is 0 Å². The average Bonchev–Trinajstić information content (AvgIpc) is 2.40. The van der Waals surface area contributed by atoms with Crippen LogP contribution in [0.1, 0.15) is 45.4 Å². The SMILES string of the molecule is C#CCCC1(O)CCCN(CCC)CC1. The summed E-state index contributed by atoms with van der Waals surface area (Å²) in [5.41, 5.74) is -0.491. The highest BCUT2D eigenvalue weighted by Crippen LogP contribution is 2.26. The van der Waals surface area contributed by atoms with Crippen molar-refractivity contribution in [2.24, 2.45) is 0 Å². The van der Waals surface area contributed by atoms with Crippen LogP contribution in [0.2, 0.25) is 0 Å². The second-order valence-electron chi connectivity index (χ2n) is 4.62. The van der Waals surface area contributed by atoms with Crippen molar-refractivity contribution in [1.29, 1.82) is 0 Å². The average molecular weight is 209 g/mol. The van der Waals surface area contributed by atoms with Crippen LogP contribution in [0.5, 0.6) is 0 Å².